The van der Waals surface area contributed by atoms with E-state index in [9.17, 15) is 14.4 Å². The predicted octanol–water partition coefficient (Wildman–Crippen LogP) is 3.08. The van der Waals surface area contributed by atoms with E-state index < -0.39 is 17.1 Å². The molecule has 1 N–H and O–H groups in total. The van der Waals surface area contributed by atoms with Crippen molar-refractivity contribution in [3.8, 4) is 17.2 Å². The number of furan rings is 1. The first kappa shape index (κ1) is 22.3. The minimum Gasteiger partial charge on any atom is -0.493 e. The minimum atomic E-state index is -0.438. The number of methoxy groups -OCH3 is 3. The van der Waals surface area contributed by atoms with Gasteiger partial charge < -0.3 is 23.9 Å². The number of benzene rings is 1. The van der Waals surface area contributed by atoms with Gasteiger partial charge in [-0.25, -0.2) is 0 Å². The van der Waals surface area contributed by atoms with Crippen molar-refractivity contribution in [2.24, 2.45) is 0 Å². The molecule has 0 bridgehead atoms. The molecule has 1 aliphatic rings. The summed E-state index contributed by atoms with van der Waals surface area (Å²) in [4.78, 5) is 38.4. The third-order valence-corrected chi connectivity index (χ3v) is 5.35. The van der Waals surface area contributed by atoms with Crippen molar-refractivity contribution in [2.45, 2.75) is 6.92 Å². The molecule has 0 saturated carbocycles. The van der Waals surface area contributed by atoms with Crippen LogP contribution in [-0.2, 0) is 4.79 Å². The first-order valence-electron chi connectivity index (χ1n) is 9.28. The number of carbonyl (C=O) groups is 3. The van der Waals surface area contributed by atoms with Gasteiger partial charge in [0, 0.05) is 13.1 Å². The zero-order valence-electron chi connectivity index (χ0n) is 17.5. The highest BCUT2D eigenvalue weighted by Gasteiger charge is 2.34. The molecule has 0 aliphatic carbocycles. The van der Waals surface area contributed by atoms with Crippen LogP contribution in [0.1, 0.15) is 21.9 Å². The van der Waals surface area contributed by atoms with E-state index in [-0.39, 0.29) is 23.8 Å². The number of thioether (sulfide) groups is 1. The average molecular weight is 446 g/mol. The second-order valence-corrected chi connectivity index (χ2v) is 7.45. The van der Waals surface area contributed by atoms with E-state index in [0.717, 1.165) is 16.7 Å². The van der Waals surface area contributed by atoms with Crippen LogP contribution in [-0.4, -0.2) is 56.4 Å². The Labute approximate surface area is 183 Å². The molecule has 2 heterocycles. The third kappa shape index (κ3) is 4.85. The van der Waals surface area contributed by atoms with E-state index >= 15 is 0 Å². The number of ether oxygens (including phenoxy) is 3. The zero-order chi connectivity index (χ0) is 22.5. The molecule has 1 aromatic heterocycles. The molecule has 10 heteroatoms. The summed E-state index contributed by atoms with van der Waals surface area (Å²) < 4.78 is 21.2. The minimum absolute atomic E-state index is 0.0443. The normalized spacial score (nSPS) is 14.8. The Morgan fingerprint density at radius 2 is 1.81 bits per heavy atom. The maximum atomic E-state index is 12.7. The quantitative estimate of drug-likeness (QED) is 0.617. The van der Waals surface area contributed by atoms with Crippen molar-refractivity contribution >= 4 is 34.9 Å². The Hall–Kier alpha value is -3.40. The van der Waals surface area contributed by atoms with Gasteiger partial charge in [0.05, 0.1) is 26.2 Å². The van der Waals surface area contributed by atoms with Crippen molar-refractivity contribution < 1.29 is 33.0 Å². The van der Waals surface area contributed by atoms with Gasteiger partial charge in [0.25, 0.3) is 17.1 Å². The fraction of sp³-hybridized carbons (Fsp3) is 0.286. The van der Waals surface area contributed by atoms with E-state index in [4.69, 9.17) is 18.6 Å². The standard InChI is InChI=1S/C21H22N2O7S/c1-12-5-6-14(30-12)19(24)22-7-8-23-20(25)17(31-21(23)26)11-13-9-15(27-2)18(29-4)16(10-13)28-3/h5-6,9-11H,7-8H2,1-4H3,(H,22,24)/b17-11-. The molecule has 1 aliphatic heterocycles. The predicted molar refractivity (Wildman–Crippen MR) is 115 cm³/mol. The number of hydrogen-bond acceptors (Lipinski definition) is 8. The summed E-state index contributed by atoms with van der Waals surface area (Å²) in [5.41, 5.74) is 0.612. The van der Waals surface area contributed by atoms with Crippen molar-refractivity contribution in [3.05, 3.63) is 46.3 Å². The number of rotatable bonds is 8. The van der Waals surface area contributed by atoms with Crippen LogP contribution < -0.4 is 19.5 Å². The molecule has 1 fully saturated rings. The SMILES string of the molecule is COc1cc(/C=C2\SC(=O)N(CCNC(=O)c3ccc(C)o3)C2=O)cc(OC)c1OC. The molecule has 31 heavy (non-hydrogen) atoms. The first-order valence-corrected chi connectivity index (χ1v) is 10.1. The maximum Gasteiger partial charge on any atom is 0.293 e. The molecule has 0 unspecified atom stereocenters. The van der Waals surface area contributed by atoms with Gasteiger partial charge in [0.1, 0.15) is 5.76 Å². The highest BCUT2D eigenvalue weighted by molar-refractivity contribution is 8.18. The van der Waals surface area contributed by atoms with E-state index in [1.807, 2.05) is 0 Å². The van der Waals surface area contributed by atoms with Gasteiger partial charge in [-0.2, -0.15) is 0 Å². The number of imide groups is 1. The largest absolute Gasteiger partial charge is 0.493 e. The molecule has 3 amide bonds. The van der Waals surface area contributed by atoms with E-state index in [1.54, 1.807) is 37.3 Å². The Morgan fingerprint density at radius 3 is 2.35 bits per heavy atom. The average Bonchev–Trinajstić information content (AvgIpc) is 3.31. The molecule has 0 atom stereocenters. The second kappa shape index (κ2) is 9.61. The highest BCUT2D eigenvalue weighted by Crippen LogP contribution is 2.40. The fourth-order valence-corrected chi connectivity index (χ4v) is 3.82. The number of hydrogen-bond donors (Lipinski definition) is 1. The smallest absolute Gasteiger partial charge is 0.293 e. The molecule has 1 aromatic carbocycles. The molecule has 3 rings (SSSR count). The van der Waals surface area contributed by atoms with Crippen LogP contribution in [0.4, 0.5) is 4.79 Å². The fourth-order valence-electron chi connectivity index (χ4n) is 2.95. The van der Waals surface area contributed by atoms with Crippen LogP contribution in [0.5, 0.6) is 17.2 Å². The van der Waals surface area contributed by atoms with Crippen LogP contribution in [0.15, 0.2) is 33.6 Å². The number of nitrogens with one attached hydrogen (secondary N) is 1. The maximum absolute atomic E-state index is 12.7. The van der Waals surface area contributed by atoms with Gasteiger partial charge in [0.2, 0.25) is 5.75 Å². The van der Waals surface area contributed by atoms with Crippen molar-refractivity contribution in [1.82, 2.24) is 10.2 Å². The Balaban J connectivity index is 1.69. The number of nitrogens with zero attached hydrogens (tertiary/aromatic N) is 1. The molecule has 2 aromatic rings. The summed E-state index contributed by atoms with van der Waals surface area (Å²) in [6, 6.07) is 6.60. The Morgan fingerprint density at radius 1 is 1.13 bits per heavy atom. The van der Waals surface area contributed by atoms with Gasteiger partial charge in [-0.1, -0.05) is 0 Å². The molecule has 1 saturated heterocycles. The summed E-state index contributed by atoms with van der Waals surface area (Å²) in [6.07, 6.45) is 1.58. The molecule has 164 valence electrons. The van der Waals surface area contributed by atoms with Crippen LogP contribution >= 0.6 is 11.8 Å². The summed E-state index contributed by atoms with van der Waals surface area (Å²) in [5, 5.41) is 2.22. The lowest BCUT2D eigenvalue weighted by molar-refractivity contribution is -0.122. The summed E-state index contributed by atoms with van der Waals surface area (Å²) in [6.45, 7) is 1.88. The highest BCUT2D eigenvalue weighted by atomic mass is 32.2. The topological polar surface area (TPSA) is 107 Å². The zero-order valence-corrected chi connectivity index (χ0v) is 18.3. The van der Waals surface area contributed by atoms with Crippen LogP contribution in [0.25, 0.3) is 6.08 Å². The Kier molecular flexibility index (Phi) is 6.91. The first-order chi connectivity index (χ1) is 14.9. The molecule has 9 nitrogen and oxygen atoms in total. The lowest BCUT2D eigenvalue weighted by Crippen LogP contribution is -2.37. The third-order valence-electron chi connectivity index (χ3n) is 4.44. The van der Waals surface area contributed by atoms with Crippen LogP contribution in [0.3, 0.4) is 0 Å². The van der Waals surface area contributed by atoms with Gasteiger partial charge in [-0.15, -0.1) is 0 Å². The van der Waals surface area contributed by atoms with Gasteiger partial charge in [-0.05, 0) is 54.6 Å². The summed E-state index contributed by atoms with van der Waals surface area (Å²) in [7, 11) is 4.48. The number of aryl methyl sites for hydroxylation is 1. The monoisotopic (exact) mass is 446 g/mol. The van der Waals surface area contributed by atoms with Crippen molar-refractivity contribution in [3.63, 3.8) is 0 Å². The Bertz CT molecular complexity index is 1020. The lowest BCUT2D eigenvalue weighted by atomic mass is 10.1. The van der Waals surface area contributed by atoms with E-state index in [0.29, 0.717) is 28.6 Å². The molecule has 0 radical (unpaired) electrons. The van der Waals surface area contributed by atoms with Crippen molar-refractivity contribution in [2.75, 3.05) is 34.4 Å². The molecule has 0 spiro atoms. The van der Waals surface area contributed by atoms with Gasteiger partial charge >= 0.3 is 0 Å². The van der Waals surface area contributed by atoms with E-state index in [1.165, 1.54) is 21.3 Å². The molecular formula is C21H22N2O7S. The van der Waals surface area contributed by atoms with Gasteiger partial charge in [-0.3, -0.25) is 19.3 Å². The summed E-state index contributed by atoms with van der Waals surface area (Å²) in [5.74, 6) is 1.24. The van der Waals surface area contributed by atoms with Gasteiger partial charge in [0.15, 0.2) is 17.3 Å². The second-order valence-electron chi connectivity index (χ2n) is 6.46. The molecular weight excluding hydrogens is 424 g/mol. The van der Waals surface area contributed by atoms with Crippen LogP contribution in [0, 0.1) is 6.92 Å². The summed E-state index contributed by atoms with van der Waals surface area (Å²) >= 11 is 0.826. The number of carbonyl (C=O) groups excluding carboxylic acids is 3. The number of amides is 3. The lowest BCUT2D eigenvalue weighted by Gasteiger charge is -2.13. The van der Waals surface area contributed by atoms with E-state index in [2.05, 4.69) is 5.32 Å². The van der Waals surface area contributed by atoms with Crippen LogP contribution in [0.2, 0.25) is 0 Å². The van der Waals surface area contributed by atoms with Crippen molar-refractivity contribution in [1.29, 1.82) is 0 Å².